The van der Waals surface area contributed by atoms with E-state index in [2.05, 4.69) is 5.32 Å². The summed E-state index contributed by atoms with van der Waals surface area (Å²) in [7, 11) is 0. The van der Waals surface area contributed by atoms with Gasteiger partial charge in [-0.05, 0) is 68.8 Å². The zero-order valence-electron chi connectivity index (χ0n) is 19.3. The molecule has 1 aromatic rings. The minimum atomic E-state index is -0.814. The van der Waals surface area contributed by atoms with Crippen molar-refractivity contribution in [1.29, 1.82) is 0 Å². The maximum absolute atomic E-state index is 13.7. The van der Waals surface area contributed by atoms with Crippen molar-refractivity contribution in [2.75, 3.05) is 13.2 Å². The Hall–Kier alpha value is -2.41. The summed E-state index contributed by atoms with van der Waals surface area (Å²) in [5.41, 5.74) is 1.74. The summed E-state index contributed by atoms with van der Waals surface area (Å²) in [5.74, 6) is 0.890. The molecular formula is C26H34N2O5. The highest BCUT2D eigenvalue weighted by Gasteiger charge is 2.57. The number of hydrogen-bond donors (Lipinski definition) is 2. The van der Waals surface area contributed by atoms with Gasteiger partial charge >= 0.3 is 5.97 Å². The molecule has 178 valence electrons. The Morgan fingerprint density at radius 2 is 1.64 bits per heavy atom. The predicted molar refractivity (Wildman–Crippen MR) is 121 cm³/mol. The molecule has 7 heteroatoms. The SMILES string of the molecule is Cc1ccc(CNC(=O)COC(=O)[C@@H]2CC(O)CN2C(=O)C23CC4CC(CC(C4)C2)C3)cc1. The summed E-state index contributed by atoms with van der Waals surface area (Å²) in [4.78, 5) is 40.3. The summed E-state index contributed by atoms with van der Waals surface area (Å²) < 4.78 is 5.29. The number of esters is 1. The zero-order chi connectivity index (χ0) is 23.2. The van der Waals surface area contributed by atoms with Crippen molar-refractivity contribution in [1.82, 2.24) is 10.2 Å². The molecule has 33 heavy (non-hydrogen) atoms. The quantitative estimate of drug-likeness (QED) is 0.644. The lowest BCUT2D eigenvalue weighted by molar-refractivity contribution is -0.166. The second kappa shape index (κ2) is 8.75. The molecule has 0 radical (unpaired) electrons. The Bertz CT molecular complexity index is 892. The summed E-state index contributed by atoms with van der Waals surface area (Å²) in [6, 6.07) is 7.01. The molecule has 5 aliphatic rings. The van der Waals surface area contributed by atoms with Crippen LogP contribution >= 0.6 is 0 Å². The highest BCUT2D eigenvalue weighted by atomic mass is 16.5. The van der Waals surface area contributed by atoms with E-state index in [0.29, 0.717) is 24.3 Å². The first-order valence-electron chi connectivity index (χ1n) is 12.3. The van der Waals surface area contributed by atoms with Crippen LogP contribution < -0.4 is 5.32 Å². The molecule has 2 atom stereocenters. The molecular weight excluding hydrogens is 420 g/mol. The first-order chi connectivity index (χ1) is 15.8. The smallest absolute Gasteiger partial charge is 0.329 e. The minimum Gasteiger partial charge on any atom is -0.454 e. The molecule has 7 nitrogen and oxygen atoms in total. The van der Waals surface area contributed by atoms with Gasteiger partial charge in [0.15, 0.2) is 6.61 Å². The van der Waals surface area contributed by atoms with Crippen LogP contribution in [0.4, 0.5) is 0 Å². The number of ether oxygens (including phenoxy) is 1. The van der Waals surface area contributed by atoms with E-state index >= 15 is 0 Å². The fraction of sp³-hybridized carbons (Fsp3) is 0.654. The second-order valence-electron chi connectivity index (χ2n) is 10.9. The van der Waals surface area contributed by atoms with E-state index in [1.807, 2.05) is 31.2 Å². The van der Waals surface area contributed by atoms with Gasteiger partial charge in [-0.25, -0.2) is 4.79 Å². The van der Waals surface area contributed by atoms with Crippen molar-refractivity contribution in [3.05, 3.63) is 35.4 Å². The number of amides is 2. The number of aliphatic hydroxyl groups excluding tert-OH is 1. The normalized spacial score (nSPS) is 34.4. The van der Waals surface area contributed by atoms with Crippen LogP contribution in [0.25, 0.3) is 0 Å². The third-order valence-electron chi connectivity index (χ3n) is 8.26. The molecule has 5 fully saturated rings. The average Bonchev–Trinajstić information content (AvgIpc) is 3.17. The van der Waals surface area contributed by atoms with Gasteiger partial charge in [0.25, 0.3) is 5.91 Å². The van der Waals surface area contributed by atoms with Gasteiger partial charge in [-0.1, -0.05) is 29.8 Å². The van der Waals surface area contributed by atoms with Gasteiger partial charge in [-0.3, -0.25) is 9.59 Å². The predicted octanol–water partition coefficient (Wildman–Crippen LogP) is 2.33. The maximum Gasteiger partial charge on any atom is 0.329 e. The number of rotatable bonds is 6. The fourth-order valence-corrected chi connectivity index (χ4v) is 7.13. The number of nitrogens with zero attached hydrogens (tertiary/aromatic N) is 1. The molecule has 1 aromatic carbocycles. The Balaban J connectivity index is 1.17. The summed E-state index contributed by atoms with van der Waals surface area (Å²) in [6.45, 7) is 2.13. The van der Waals surface area contributed by atoms with E-state index in [1.54, 1.807) is 4.90 Å². The number of benzene rings is 1. The Labute approximate surface area is 194 Å². The Morgan fingerprint density at radius 1 is 1.03 bits per heavy atom. The van der Waals surface area contributed by atoms with Crippen LogP contribution in [-0.4, -0.2) is 53.1 Å². The van der Waals surface area contributed by atoms with Gasteiger partial charge < -0.3 is 20.1 Å². The lowest BCUT2D eigenvalue weighted by Crippen LogP contribution is -2.56. The van der Waals surface area contributed by atoms with Gasteiger partial charge in [-0.15, -0.1) is 0 Å². The largest absolute Gasteiger partial charge is 0.454 e. The molecule has 4 saturated carbocycles. The highest BCUT2D eigenvalue weighted by Crippen LogP contribution is 2.60. The molecule has 1 heterocycles. The Kier molecular flexibility index (Phi) is 5.93. The lowest BCUT2D eigenvalue weighted by atomic mass is 9.49. The fourth-order valence-electron chi connectivity index (χ4n) is 7.13. The molecule has 0 spiro atoms. The molecule has 6 rings (SSSR count). The molecule has 4 bridgehead atoms. The number of nitrogens with one attached hydrogen (secondary N) is 1. The van der Waals surface area contributed by atoms with Crippen LogP contribution in [0.2, 0.25) is 0 Å². The monoisotopic (exact) mass is 454 g/mol. The molecule has 2 N–H and O–H groups in total. The second-order valence-corrected chi connectivity index (χ2v) is 10.9. The van der Waals surface area contributed by atoms with Crippen LogP contribution in [0, 0.1) is 30.1 Å². The molecule has 0 aromatic heterocycles. The zero-order valence-corrected chi connectivity index (χ0v) is 19.3. The topological polar surface area (TPSA) is 95.9 Å². The first-order valence-corrected chi connectivity index (χ1v) is 12.3. The molecule has 1 unspecified atom stereocenters. The van der Waals surface area contributed by atoms with E-state index < -0.39 is 24.7 Å². The van der Waals surface area contributed by atoms with Crippen LogP contribution in [0.5, 0.6) is 0 Å². The lowest BCUT2D eigenvalue weighted by Gasteiger charge is -2.56. The Morgan fingerprint density at radius 3 is 2.24 bits per heavy atom. The summed E-state index contributed by atoms with van der Waals surface area (Å²) in [6.07, 6.45) is 5.86. The van der Waals surface area contributed by atoms with Crippen molar-refractivity contribution in [3.8, 4) is 0 Å². The number of carbonyl (C=O) groups is 3. The first kappa shape index (κ1) is 22.4. The van der Waals surface area contributed by atoms with Gasteiger partial charge in [0.2, 0.25) is 5.91 Å². The van der Waals surface area contributed by atoms with E-state index in [4.69, 9.17) is 4.74 Å². The number of hydrogen-bond acceptors (Lipinski definition) is 5. The number of aryl methyl sites for hydroxylation is 1. The summed E-state index contributed by atoms with van der Waals surface area (Å²) in [5, 5.41) is 13.0. The van der Waals surface area contributed by atoms with Crippen molar-refractivity contribution in [2.45, 2.75) is 70.6 Å². The van der Waals surface area contributed by atoms with Gasteiger partial charge in [0.05, 0.1) is 11.5 Å². The van der Waals surface area contributed by atoms with E-state index in [0.717, 1.165) is 30.4 Å². The molecule has 1 aliphatic heterocycles. The molecule has 1 saturated heterocycles. The van der Waals surface area contributed by atoms with Crippen LogP contribution in [0.15, 0.2) is 24.3 Å². The van der Waals surface area contributed by atoms with Gasteiger partial charge in [0, 0.05) is 19.5 Å². The maximum atomic E-state index is 13.7. The number of likely N-dealkylation sites (tertiary alicyclic amines) is 1. The highest BCUT2D eigenvalue weighted by molar-refractivity contribution is 5.90. The number of carbonyl (C=O) groups excluding carboxylic acids is 3. The van der Waals surface area contributed by atoms with Crippen molar-refractivity contribution < 1.29 is 24.2 Å². The van der Waals surface area contributed by atoms with Crippen LogP contribution in [0.3, 0.4) is 0 Å². The van der Waals surface area contributed by atoms with E-state index in [9.17, 15) is 19.5 Å². The number of aliphatic hydroxyl groups is 1. The van der Waals surface area contributed by atoms with Crippen molar-refractivity contribution in [2.24, 2.45) is 23.2 Å². The van der Waals surface area contributed by atoms with Crippen LogP contribution in [0.1, 0.15) is 56.1 Å². The van der Waals surface area contributed by atoms with E-state index in [-0.39, 0.29) is 30.2 Å². The van der Waals surface area contributed by atoms with Gasteiger partial charge in [0.1, 0.15) is 6.04 Å². The third-order valence-corrected chi connectivity index (χ3v) is 8.26. The third kappa shape index (κ3) is 4.52. The molecule has 4 aliphatic carbocycles. The van der Waals surface area contributed by atoms with Gasteiger partial charge in [-0.2, -0.15) is 0 Å². The number of β-amino-alcohol motifs (C(OH)–C–C–N with tert-alkyl or cyclic N) is 1. The van der Waals surface area contributed by atoms with Crippen molar-refractivity contribution >= 4 is 17.8 Å². The minimum absolute atomic E-state index is 0.0175. The summed E-state index contributed by atoms with van der Waals surface area (Å²) >= 11 is 0. The molecule has 2 amide bonds. The van der Waals surface area contributed by atoms with E-state index in [1.165, 1.54) is 19.3 Å². The standard InChI is InChI=1S/C26H34N2O5/c1-16-2-4-17(5-3-16)13-27-23(30)15-33-24(31)22-9-21(29)14-28(22)25(32)26-10-18-6-19(11-26)8-20(7-18)12-26/h2-5,18-22,29H,6-15H2,1H3,(H,27,30)/t18?,19?,20?,21?,22-,26?/m0/s1. The average molecular weight is 455 g/mol. The van der Waals surface area contributed by atoms with Crippen LogP contribution in [-0.2, 0) is 25.7 Å². The van der Waals surface area contributed by atoms with Crippen molar-refractivity contribution in [3.63, 3.8) is 0 Å².